The van der Waals surface area contributed by atoms with E-state index in [1.165, 1.54) is 24.3 Å². The number of allylic oxidation sites excluding steroid dienone is 1. The van der Waals surface area contributed by atoms with Crippen molar-refractivity contribution in [3.8, 4) is 5.75 Å². The topological polar surface area (TPSA) is 74.6 Å². The van der Waals surface area contributed by atoms with Gasteiger partial charge in [-0.25, -0.2) is 0 Å². The Bertz CT molecular complexity index is 797. The fourth-order valence-electron chi connectivity index (χ4n) is 1.93. The van der Waals surface area contributed by atoms with E-state index in [9.17, 15) is 14.7 Å². The van der Waals surface area contributed by atoms with E-state index in [0.717, 1.165) is 0 Å². The molecule has 23 heavy (non-hydrogen) atoms. The molecule has 4 nitrogen and oxygen atoms in total. The Morgan fingerprint density at radius 3 is 2.43 bits per heavy atom. The Kier molecular flexibility index (Phi) is 5.42. The standard InChI is InChI=1S/C17H12Cl2O4/c18-13-4-1-10(7-14(13)19)2-5-15(20)11-3-6-16(21)12(8-11)9-17(22)23/h1-8,21H,9H2,(H,22,23)/b5-2+. The maximum Gasteiger partial charge on any atom is 0.307 e. The van der Waals surface area contributed by atoms with Gasteiger partial charge in [-0.1, -0.05) is 35.3 Å². The first-order valence-electron chi connectivity index (χ1n) is 6.58. The van der Waals surface area contributed by atoms with E-state index in [-0.39, 0.29) is 29.1 Å². The monoisotopic (exact) mass is 350 g/mol. The number of carbonyl (C=O) groups is 2. The minimum absolute atomic E-state index is 0.155. The number of phenols is 1. The predicted octanol–water partition coefficient (Wildman–Crippen LogP) is 4.22. The number of rotatable bonds is 5. The number of benzene rings is 2. The molecule has 0 amide bonds. The quantitative estimate of drug-likeness (QED) is 0.625. The molecule has 0 bridgehead atoms. The molecular weight excluding hydrogens is 339 g/mol. The van der Waals surface area contributed by atoms with Crippen LogP contribution in [-0.2, 0) is 11.2 Å². The molecule has 0 unspecified atom stereocenters. The van der Waals surface area contributed by atoms with E-state index in [4.69, 9.17) is 28.3 Å². The van der Waals surface area contributed by atoms with Crippen molar-refractivity contribution < 1.29 is 19.8 Å². The first-order chi connectivity index (χ1) is 10.9. The van der Waals surface area contributed by atoms with Crippen molar-refractivity contribution in [2.24, 2.45) is 0 Å². The third-order valence-corrected chi connectivity index (χ3v) is 3.82. The fourth-order valence-corrected chi connectivity index (χ4v) is 2.23. The van der Waals surface area contributed by atoms with E-state index in [1.807, 2.05) is 0 Å². The van der Waals surface area contributed by atoms with Gasteiger partial charge in [-0.15, -0.1) is 0 Å². The molecule has 0 saturated heterocycles. The van der Waals surface area contributed by atoms with Crippen LogP contribution in [0.2, 0.25) is 10.0 Å². The second-order valence-electron chi connectivity index (χ2n) is 4.79. The van der Waals surface area contributed by atoms with Gasteiger partial charge in [-0.3, -0.25) is 9.59 Å². The van der Waals surface area contributed by atoms with Crippen molar-refractivity contribution in [3.63, 3.8) is 0 Å². The van der Waals surface area contributed by atoms with E-state index in [0.29, 0.717) is 15.6 Å². The lowest BCUT2D eigenvalue weighted by atomic mass is 10.0. The zero-order valence-electron chi connectivity index (χ0n) is 11.8. The molecule has 2 rings (SSSR count). The third kappa shape index (κ3) is 4.58. The van der Waals surface area contributed by atoms with E-state index in [2.05, 4.69) is 0 Å². The summed E-state index contributed by atoms with van der Waals surface area (Å²) >= 11 is 11.7. The summed E-state index contributed by atoms with van der Waals surface area (Å²) in [5, 5.41) is 19.2. The summed E-state index contributed by atoms with van der Waals surface area (Å²) in [6, 6.07) is 9.07. The SMILES string of the molecule is O=C(O)Cc1cc(C(=O)/C=C/c2ccc(Cl)c(Cl)c2)ccc1O. The summed E-state index contributed by atoms with van der Waals surface area (Å²) in [5.41, 5.74) is 1.18. The summed E-state index contributed by atoms with van der Waals surface area (Å²) in [4.78, 5) is 22.9. The van der Waals surface area contributed by atoms with Gasteiger partial charge in [0.25, 0.3) is 0 Å². The molecule has 0 fully saturated rings. The molecule has 0 heterocycles. The average molecular weight is 351 g/mol. The van der Waals surface area contributed by atoms with Crippen LogP contribution >= 0.6 is 23.2 Å². The molecule has 2 aromatic rings. The second-order valence-corrected chi connectivity index (χ2v) is 5.60. The van der Waals surface area contributed by atoms with Crippen LogP contribution in [0.15, 0.2) is 42.5 Å². The van der Waals surface area contributed by atoms with Gasteiger partial charge in [0, 0.05) is 11.1 Å². The first-order valence-corrected chi connectivity index (χ1v) is 7.33. The maximum atomic E-state index is 12.1. The van der Waals surface area contributed by atoms with Gasteiger partial charge in [0.05, 0.1) is 16.5 Å². The average Bonchev–Trinajstić information content (AvgIpc) is 2.50. The molecule has 0 aliphatic rings. The molecule has 0 aliphatic carbocycles. The first kappa shape index (κ1) is 17.1. The molecular formula is C17H12Cl2O4. The smallest absolute Gasteiger partial charge is 0.307 e. The van der Waals surface area contributed by atoms with Gasteiger partial charge in [-0.05, 0) is 42.0 Å². The maximum absolute atomic E-state index is 12.1. The van der Waals surface area contributed by atoms with Crippen LogP contribution in [-0.4, -0.2) is 22.0 Å². The lowest BCUT2D eigenvalue weighted by Crippen LogP contribution is -2.02. The van der Waals surface area contributed by atoms with Crippen LogP contribution in [0, 0.1) is 0 Å². The van der Waals surface area contributed by atoms with Gasteiger partial charge in [0.15, 0.2) is 5.78 Å². The highest BCUT2D eigenvalue weighted by Gasteiger charge is 2.10. The Balaban J connectivity index is 2.21. The van der Waals surface area contributed by atoms with Crippen molar-refractivity contribution in [1.82, 2.24) is 0 Å². The number of carbonyl (C=O) groups excluding carboxylic acids is 1. The molecule has 0 aliphatic heterocycles. The van der Waals surface area contributed by atoms with Gasteiger partial charge < -0.3 is 10.2 Å². The number of carboxylic acids is 1. The number of halogens is 2. The Morgan fingerprint density at radius 1 is 1.04 bits per heavy atom. The molecule has 118 valence electrons. The number of hydrogen-bond acceptors (Lipinski definition) is 3. The number of phenolic OH excluding ortho intramolecular Hbond substituents is 1. The van der Waals surface area contributed by atoms with Crippen LogP contribution in [0.3, 0.4) is 0 Å². The highest BCUT2D eigenvalue weighted by Crippen LogP contribution is 2.23. The molecule has 0 spiro atoms. The lowest BCUT2D eigenvalue weighted by molar-refractivity contribution is -0.136. The van der Waals surface area contributed by atoms with Crippen LogP contribution in [0.1, 0.15) is 21.5 Å². The number of hydrogen-bond donors (Lipinski definition) is 2. The highest BCUT2D eigenvalue weighted by atomic mass is 35.5. The zero-order chi connectivity index (χ0) is 17.0. The molecule has 2 aromatic carbocycles. The minimum atomic E-state index is -1.09. The van der Waals surface area contributed by atoms with Crippen LogP contribution < -0.4 is 0 Å². The molecule has 0 radical (unpaired) electrons. The summed E-state index contributed by atoms with van der Waals surface area (Å²) in [6.45, 7) is 0. The zero-order valence-corrected chi connectivity index (χ0v) is 13.3. The summed E-state index contributed by atoms with van der Waals surface area (Å²) in [6.07, 6.45) is 2.56. The van der Waals surface area contributed by atoms with E-state index >= 15 is 0 Å². The Labute approximate surface area is 142 Å². The third-order valence-electron chi connectivity index (χ3n) is 3.08. The normalized spacial score (nSPS) is 10.9. The Hall–Kier alpha value is -2.30. The fraction of sp³-hybridized carbons (Fsp3) is 0.0588. The van der Waals surface area contributed by atoms with Crippen LogP contribution in [0.5, 0.6) is 5.75 Å². The van der Waals surface area contributed by atoms with Crippen molar-refractivity contribution in [3.05, 3.63) is 69.2 Å². The molecule has 0 saturated carbocycles. The number of carboxylic acid groups (broad SMARTS) is 1. The van der Waals surface area contributed by atoms with Crippen molar-refractivity contribution >= 4 is 41.0 Å². The van der Waals surface area contributed by atoms with Gasteiger partial charge >= 0.3 is 5.97 Å². The van der Waals surface area contributed by atoms with Gasteiger partial charge in [0.2, 0.25) is 0 Å². The summed E-state index contributed by atoms with van der Waals surface area (Å²) in [5.74, 6) is -1.56. The van der Waals surface area contributed by atoms with E-state index < -0.39 is 5.97 Å². The Morgan fingerprint density at radius 2 is 1.78 bits per heavy atom. The molecule has 0 aromatic heterocycles. The second kappa shape index (κ2) is 7.31. The predicted molar refractivity (Wildman–Crippen MR) is 89.3 cm³/mol. The largest absolute Gasteiger partial charge is 0.508 e. The molecule has 2 N–H and O–H groups in total. The summed E-state index contributed by atoms with van der Waals surface area (Å²) in [7, 11) is 0. The van der Waals surface area contributed by atoms with Gasteiger partial charge in [0.1, 0.15) is 5.75 Å². The van der Waals surface area contributed by atoms with Crippen LogP contribution in [0.25, 0.3) is 6.08 Å². The summed E-state index contributed by atoms with van der Waals surface area (Å²) < 4.78 is 0. The van der Waals surface area contributed by atoms with Crippen molar-refractivity contribution in [1.29, 1.82) is 0 Å². The number of aliphatic carboxylic acids is 1. The van der Waals surface area contributed by atoms with Crippen LogP contribution in [0.4, 0.5) is 0 Å². The molecule has 0 atom stereocenters. The number of ketones is 1. The van der Waals surface area contributed by atoms with Crippen molar-refractivity contribution in [2.75, 3.05) is 0 Å². The lowest BCUT2D eigenvalue weighted by Gasteiger charge is -2.04. The highest BCUT2D eigenvalue weighted by molar-refractivity contribution is 6.42. The number of aromatic hydroxyl groups is 1. The van der Waals surface area contributed by atoms with Gasteiger partial charge in [-0.2, -0.15) is 0 Å². The van der Waals surface area contributed by atoms with Crippen molar-refractivity contribution in [2.45, 2.75) is 6.42 Å². The molecule has 6 heteroatoms. The van der Waals surface area contributed by atoms with E-state index in [1.54, 1.807) is 24.3 Å². The minimum Gasteiger partial charge on any atom is -0.508 e.